The third kappa shape index (κ3) is 10.0. The molecule has 0 bridgehead atoms. The molecule has 0 aliphatic carbocycles. The summed E-state index contributed by atoms with van der Waals surface area (Å²) in [6, 6.07) is 8.72. The number of hydrogen-bond acceptors (Lipinski definition) is 12. The molecule has 1 fully saturated rings. The van der Waals surface area contributed by atoms with Crippen molar-refractivity contribution >= 4 is 65.2 Å². The highest BCUT2D eigenvalue weighted by Gasteiger charge is 2.45. The molecule has 2 amide bonds. The van der Waals surface area contributed by atoms with Gasteiger partial charge in [0.2, 0.25) is 5.69 Å². The second-order valence-electron chi connectivity index (χ2n) is 15.0. The second-order valence-corrected chi connectivity index (χ2v) is 19.7. The van der Waals surface area contributed by atoms with Crippen LogP contribution in [-0.4, -0.2) is 86.9 Å². The van der Waals surface area contributed by atoms with Gasteiger partial charge in [-0.15, -0.1) is 5.06 Å². The average molecular weight is 863 g/mol. The zero-order valence-electron chi connectivity index (χ0n) is 32.6. The van der Waals surface area contributed by atoms with Crippen molar-refractivity contribution in [2.75, 3.05) is 24.7 Å². The number of allylic oxidation sites excluding steroid dienone is 6. The van der Waals surface area contributed by atoms with Crippen molar-refractivity contribution in [1.29, 1.82) is 0 Å². The van der Waals surface area contributed by atoms with E-state index in [2.05, 4.69) is 9.50 Å². The quantitative estimate of drug-likeness (QED) is 0.0434. The van der Waals surface area contributed by atoms with E-state index in [1.807, 2.05) is 43.6 Å². The third-order valence-corrected chi connectivity index (χ3v) is 13.7. The predicted molar refractivity (Wildman–Crippen MR) is 213 cm³/mol. The molecule has 0 aromatic heterocycles. The Hall–Kier alpha value is -4.53. The summed E-state index contributed by atoms with van der Waals surface area (Å²) in [6.45, 7) is 6.20. The van der Waals surface area contributed by atoms with Crippen molar-refractivity contribution in [2.24, 2.45) is 0 Å². The number of benzene rings is 2. The summed E-state index contributed by atoms with van der Waals surface area (Å²) in [5, 5.41) is 3.88. The van der Waals surface area contributed by atoms with E-state index in [9.17, 15) is 48.7 Å². The molecule has 3 aliphatic rings. The van der Waals surface area contributed by atoms with Crippen LogP contribution in [-0.2, 0) is 64.6 Å². The van der Waals surface area contributed by atoms with Crippen molar-refractivity contribution in [1.82, 2.24) is 5.06 Å². The number of imide groups is 1. The molecule has 2 aromatic carbocycles. The Morgan fingerprint density at radius 3 is 2.12 bits per heavy atom. The van der Waals surface area contributed by atoms with Crippen LogP contribution >= 0.6 is 0 Å². The monoisotopic (exact) mass is 862 g/mol. The molecular weight excluding hydrogens is 815 g/mol. The maximum Gasteiger partial charge on any atom is 0.333 e. The number of nitrogens with zero attached hydrogens (tertiary/aromatic N) is 2. The van der Waals surface area contributed by atoms with Crippen LogP contribution in [0.15, 0.2) is 82.3 Å². The Morgan fingerprint density at radius 2 is 1.48 bits per heavy atom. The lowest BCUT2D eigenvalue weighted by atomic mass is 9.77. The molecule has 1 saturated heterocycles. The lowest BCUT2D eigenvalue weighted by molar-refractivity contribution is -0.438. The van der Waals surface area contributed by atoms with Gasteiger partial charge in [0, 0.05) is 60.2 Å². The van der Waals surface area contributed by atoms with Crippen molar-refractivity contribution in [3.63, 3.8) is 0 Å². The van der Waals surface area contributed by atoms with Crippen LogP contribution in [0.2, 0.25) is 0 Å². The Labute approximate surface area is 338 Å². The lowest BCUT2D eigenvalue weighted by Gasteiger charge is -2.26. The van der Waals surface area contributed by atoms with E-state index in [0.29, 0.717) is 66.9 Å². The molecule has 58 heavy (non-hydrogen) atoms. The summed E-state index contributed by atoms with van der Waals surface area (Å²) < 4.78 is 98.1. The van der Waals surface area contributed by atoms with Gasteiger partial charge in [-0.3, -0.25) is 22.9 Å². The van der Waals surface area contributed by atoms with Gasteiger partial charge in [-0.1, -0.05) is 31.1 Å². The molecule has 0 saturated carbocycles. The standard InChI is InChI=1S/C39H47N3O13S3/c1-38(2)30-26-28(58(51,52)53)17-19-32(30)41(23-11-12-24-56(46,47)54-4)34(38)14-8-5-7-13-33-39(3,29-25-27(57(48,49)50)16-18-31(29)40-33)22-10-6-9-15-37(45)55-42-35(43)20-21-36(42)44/h5,7-8,13-14,16-19,25-26H,6,9-12,15,20-24H2,1-4H3,(H2,48,49,50,51,52,53)/p+1. The number of amides is 2. The minimum atomic E-state index is -4.49. The normalized spacial score (nSPS) is 20.1. The number of hydroxylamine groups is 2. The maximum atomic E-state index is 12.3. The number of carbonyl (C=O) groups excluding carboxylic acids is 3. The van der Waals surface area contributed by atoms with Gasteiger partial charge < -0.3 is 10.2 Å². The van der Waals surface area contributed by atoms with Gasteiger partial charge in [0.1, 0.15) is 6.54 Å². The zero-order chi connectivity index (χ0) is 42.7. The Morgan fingerprint density at radius 1 is 0.845 bits per heavy atom. The summed E-state index contributed by atoms with van der Waals surface area (Å²) in [4.78, 5) is 40.3. The topological polar surface area (TPSA) is 231 Å². The fourth-order valence-electron chi connectivity index (χ4n) is 7.45. The molecule has 0 radical (unpaired) electrons. The number of carbonyl (C=O) groups is 3. The van der Waals surface area contributed by atoms with Gasteiger partial charge in [-0.2, -0.15) is 29.8 Å². The number of anilines is 1. The first-order valence-electron chi connectivity index (χ1n) is 18.6. The van der Waals surface area contributed by atoms with E-state index in [4.69, 9.17) is 4.84 Å². The number of nitrogens with one attached hydrogen (secondary N) is 1. The van der Waals surface area contributed by atoms with Crippen LogP contribution in [0.4, 0.5) is 11.4 Å². The number of hydrogen-bond donors (Lipinski definition) is 3. The molecule has 19 heteroatoms. The molecule has 2 aromatic rings. The Bertz CT molecular complexity index is 2440. The minimum absolute atomic E-state index is 0.00186. The van der Waals surface area contributed by atoms with Crippen LogP contribution < -0.4 is 5.32 Å². The highest BCUT2D eigenvalue weighted by Crippen LogP contribution is 2.48. The fraction of sp³-hybridized carbons (Fsp3) is 0.436. The van der Waals surface area contributed by atoms with Gasteiger partial charge in [-0.25, -0.2) is 4.79 Å². The van der Waals surface area contributed by atoms with Gasteiger partial charge in [0.25, 0.3) is 42.2 Å². The highest BCUT2D eigenvalue weighted by molar-refractivity contribution is 7.86. The van der Waals surface area contributed by atoms with E-state index < -0.39 is 59.0 Å². The number of unbranched alkanes of at least 4 members (excludes halogenated alkanes) is 3. The van der Waals surface area contributed by atoms with Crippen LogP contribution in [0.1, 0.15) is 89.7 Å². The van der Waals surface area contributed by atoms with Crippen molar-refractivity contribution < 1.29 is 62.3 Å². The second kappa shape index (κ2) is 17.4. The van der Waals surface area contributed by atoms with Crippen LogP contribution in [0.25, 0.3) is 0 Å². The summed E-state index contributed by atoms with van der Waals surface area (Å²) in [5.41, 5.74) is 2.81. The van der Waals surface area contributed by atoms with Gasteiger partial charge in [0.05, 0.1) is 28.1 Å². The number of fused-ring (bicyclic) bond motifs is 2. The Balaban J connectivity index is 1.35. The first-order chi connectivity index (χ1) is 27.1. The van der Waals surface area contributed by atoms with Crippen molar-refractivity contribution in [2.45, 2.75) is 99.2 Å². The first kappa shape index (κ1) is 44.6. The van der Waals surface area contributed by atoms with Crippen LogP contribution in [0.5, 0.6) is 0 Å². The molecule has 3 aliphatic heterocycles. The molecule has 16 nitrogen and oxygen atoms in total. The largest absolute Gasteiger partial charge is 0.358 e. The number of rotatable bonds is 18. The molecule has 5 rings (SSSR count). The average Bonchev–Trinajstić information content (AvgIpc) is 3.69. The molecule has 1 unspecified atom stereocenters. The zero-order valence-corrected chi connectivity index (χ0v) is 35.1. The molecular formula is C39H48N3O13S3+. The smallest absolute Gasteiger partial charge is 0.333 e. The van der Waals surface area contributed by atoms with Gasteiger partial charge >= 0.3 is 5.97 Å². The summed E-state index contributed by atoms with van der Waals surface area (Å²) in [5.74, 6) is -1.96. The first-order valence-corrected chi connectivity index (χ1v) is 23.1. The SMILES string of the molecule is COS(=O)(=O)CCCC[N+]1=C(/C=C/C=C/C=C2/Nc3ccc(S(=O)(=O)O)cc3C2(C)CCCCCC(=O)ON2C(=O)CCC2=O)C(C)(C)c2cc(S(=O)(=O)O)ccc21. The highest BCUT2D eigenvalue weighted by atomic mass is 32.2. The molecule has 3 N–H and O–H groups in total. The Kier molecular flexibility index (Phi) is 13.3. The van der Waals surface area contributed by atoms with Gasteiger partial charge in [0.15, 0.2) is 5.71 Å². The van der Waals surface area contributed by atoms with E-state index in [0.717, 1.165) is 24.2 Å². The molecule has 314 valence electrons. The third-order valence-electron chi connectivity index (χ3n) is 10.7. The van der Waals surface area contributed by atoms with Crippen molar-refractivity contribution in [3.05, 3.63) is 83.6 Å². The predicted octanol–water partition coefficient (Wildman–Crippen LogP) is 5.25. The van der Waals surface area contributed by atoms with E-state index >= 15 is 0 Å². The van der Waals surface area contributed by atoms with Gasteiger partial charge in [-0.05, 0) is 82.0 Å². The summed E-state index contributed by atoms with van der Waals surface area (Å²) in [6.07, 6.45) is 12.0. The van der Waals surface area contributed by atoms with E-state index in [1.165, 1.54) is 24.3 Å². The summed E-state index contributed by atoms with van der Waals surface area (Å²) >= 11 is 0. The minimum Gasteiger partial charge on any atom is -0.358 e. The maximum absolute atomic E-state index is 12.3. The fourth-order valence-corrected chi connectivity index (χ4v) is 9.19. The van der Waals surface area contributed by atoms with Crippen molar-refractivity contribution in [3.8, 4) is 0 Å². The van der Waals surface area contributed by atoms with E-state index in [1.54, 1.807) is 24.3 Å². The molecule has 1 atom stereocenters. The lowest BCUT2D eigenvalue weighted by Crippen LogP contribution is -2.31. The van der Waals surface area contributed by atoms with Crippen LogP contribution in [0.3, 0.4) is 0 Å². The molecule has 3 heterocycles. The van der Waals surface area contributed by atoms with E-state index in [-0.39, 0.29) is 34.8 Å². The summed E-state index contributed by atoms with van der Waals surface area (Å²) in [7, 11) is -11.5. The van der Waals surface area contributed by atoms with Crippen LogP contribution in [0, 0.1) is 0 Å². The molecule has 0 spiro atoms.